The van der Waals surface area contributed by atoms with E-state index in [1.807, 2.05) is 6.20 Å². The van der Waals surface area contributed by atoms with Gasteiger partial charge in [0.2, 0.25) is 5.91 Å². The molecular weight excluding hydrogens is 230 g/mol. The third kappa shape index (κ3) is 4.44. The molecule has 1 saturated carbocycles. The van der Waals surface area contributed by atoms with Gasteiger partial charge in [-0.05, 0) is 18.8 Å². The SMILES string of the molecule is CC(C)CNC(=O)Cn1cc(CNC2CC2)nn1. The van der Waals surface area contributed by atoms with Crippen molar-refractivity contribution in [3.8, 4) is 0 Å². The van der Waals surface area contributed by atoms with Crippen molar-refractivity contribution in [2.75, 3.05) is 6.54 Å². The van der Waals surface area contributed by atoms with Crippen molar-refractivity contribution in [3.05, 3.63) is 11.9 Å². The van der Waals surface area contributed by atoms with E-state index in [4.69, 9.17) is 0 Å². The predicted octanol–water partition coefficient (Wildman–Crippen LogP) is 0.302. The zero-order chi connectivity index (χ0) is 13.0. The minimum Gasteiger partial charge on any atom is -0.354 e. The number of rotatable bonds is 7. The standard InChI is InChI=1S/C12H21N5O/c1-9(2)5-14-12(18)8-17-7-11(15-16-17)6-13-10-3-4-10/h7,9-10,13H,3-6,8H2,1-2H3,(H,14,18). The number of carbonyl (C=O) groups excluding carboxylic acids is 1. The molecule has 1 aromatic heterocycles. The summed E-state index contributed by atoms with van der Waals surface area (Å²) in [6.07, 6.45) is 4.34. The number of carbonyl (C=O) groups is 1. The summed E-state index contributed by atoms with van der Waals surface area (Å²) in [4.78, 5) is 11.6. The van der Waals surface area contributed by atoms with Crippen LogP contribution in [0, 0.1) is 5.92 Å². The van der Waals surface area contributed by atoms with Gasteiger partial charge in [0, 0.05) is 19.1 Å². The second-order valence-electron chi connectivity index (χ2n) is 5.26. The maximum atomic E-state index is 11.6. The van der Waals surface area contributed by atoms with Crippen LogP contribution in [0.2, 0.25) is 0 Å². The molecule has 0 bridgehead atoms. The van der Waals surface area contributed by atoms with Crippen LogP contribution in [0.15, 0.2) is 6.20 Å². The topological polar surface area (TPSA) is 71.8 Å². The molecule has 1 fully saturated rings. The lowest BCUT2D eigenvalue weighted by Crippen LogP contribution is -2.30. The van der Waals surface area contributed by atoms with Gasteiger partial charge in [0.05, 0.1) is 11.9 Å². The number of amides is 1. The number of hydrogen-bond acceptors (Lipinski definition) is 4. The van der Waals surface area contributed by atoms with Gasteiger partial charge in [0.15, 0.2) is 0 Å². The lowest BCUT2D eigenvalue weighted by atomic mass is 10.2. The quantitative estimate of drug-likeness (QED) is 0.731. The van der Waals surface area contributed by atoms with Crippen molar-refractivity contribution in [2.45, 2.75) is 45.8 Å². The van der Waals surface area contributed by atoms with Crippen LogP contribution in [0.1, 0.15) is 32.4 Å². The average molecular weight is 251 g/mol. The Bertz CT molecular complexity index is 397. The van der Waals surface area contributed by atoms with Gasteiger partial charge in [0.25, 0.3) is 0 Å². The van der Waals surface area contributed by atoms with E-state index in [0.717, 1.165) is 12.2 Å². The van der Waals surface area contributed by atoms with Gasteiger partial charge >= 0.3 is 0 Å². The van der Waals surface area contributed by atoms with E-state index in [1.165, 1.54) is 12.8 Å². The molecule has 6 nitrogen and oxygen atoms in total. The molecule has 0 aliphatic heterocycles. The van der Waals surface area contributed by atoms with E-state index in [-0.39, 0.29) is 12.5 Å². The van der Waals surface area contributed by atoms with Crippen LogP contribution in [0.4, 0.5) is 0 Å². The van der Waals surface area contributed by atoms with Crippen LogP contribution in [0.3, 0.4) is 0 Å². The fourth-order valence-corrected chi connectivity index (χ4v) is 1.55. The average Bonchev–Trinajstić information content (AvgIpc) is 3.05. The van der Waals surface area contributed by atoms with E-state index in [0.29, 0.717) is 18.5 Å². The Morgan fingerprint density at radius 2 is 2.33 bits per heavy atom. The number of nitrogens with zero attached hydrogens (tertiary/aromatic N) is 3. The van der Waals surface area contributed by atoms with Crippen molar-refractivity contribution in [2.24, 2.45) is 5.92 Å². The molecule has 0 spiro atoms. The van der Waals surface area contributed by atoms with Gasteiger partial charge in [0.1, 0.15) is 6.54 Å². The van der Waals surface area contributed by atoms with Crippen molar-refractivity contribution in [1.82, 2.24) is 25.6 Å². The van der Waals surface area contributed by atoms with Gasteiger partial charge in [-0.25, -0.2) is 4.68 Å². The number of aromatic nitrogens is 3. The minimum absolute atomic E-state index is 0.0182. The molecule has 0 saturated heterocycles. The molecule has 1 aliphatic rings. The van der Waals surface area contributed by atoms with Crippen LogP contribution in [-0.4, -0.2) is 33.5 Å². The normalized spacial score (nSPS) is 15.1. The Labute approximate surface area is 107 Å². The second kappa shape index (κ2) is 5.95. The first-order valence-corrected chi connectivity index (χ1v) is 6.52. The third-order valence-electron chi connectivity index (χ3n) is 2.75. The smallest absolute Gasteiger partial charge is 0.241 e. The molecule has 100 valence electrons. The summed E-state index contributed by atoms with van der Waals surface area (Å²) in [7, 11) is 0. The van der Waals surface area contributed by atoms with E-state index in [1.54, 1.807) is 4.68 Å². The maximum absolute atomic E-state index is 11.6. The highest BCUT2D eigenvalue weighted by molar-refractivity contribution is 5.75. The molecule has 0 unspecified atom stereocenters. The number of hydrogen-bond donors (Lipinski definition) is 2. The Kier molecular flexibility index (Phi) is 4.30. The molecule has 1 amide bonds. The Morgan fingerprint density at radius 3 is 3.00 bits per heavy atom. The molecule has 1 heterocycles. The molecule has 1 aliphatic carbocycles. The molecule has 0 aromatic carbocycles. The molecule has 2 rings (SSSR count). The summed E-state index contributed by atoms with van der Waals surface area (Å²) in [5, 5.41) is 14.2. The molecule has 0 radical (unpaired) electrons. The monoisotopic (exact) mass is 251 g/mol. The minimum atomic E-state index is -0.0182. The molecule has 2 N–H and O–H groups in total. The Hall–Kier alpha value is -1.43. The first-order chi connectivity index (χ1) is 8.63. The summed E-state index contributed by atoms with van der Waals surface area (Å²) in [6, 6.07) is 0.657. The molecular formula is C12H21N5O. The maximum Gasteiger partial charge on any atom is 0.241 e. The third-order valence-corrected chi connectivity index (χ3v) is 2.75. The molecule has 0 atom stereocenters. The largest absolute Gasteiger partial charge is 0.354 e. The highest BCUT2D eigenvalue weighted by Gasteiger charge is 2.20. The summed E-state index contributed by atoms with van der Waals surface area (Å²) in [6.45, 7) is 5.81. The summed E-state index contributed by atoms with van der Waals surface area (Å²) >= 11 is 0. The fourth-order valence-electron chi connectivity index (χ4n) is 1.55. The van der Waals surface area contributed by atoms with Crippen molar-refractivity contribution < 1.29 is 4.79 Å². The first-order valence-electron chi connectivity index (χ1n) is 6.52. The van der Waals surface area contributed by atoms with E-state index >= 15 is 0 Å². The molecule has 6 heteroatoms. The molecule has 18 heavy (non-hydrogen) atoms. The second-order valence-corrected chi connectivity index (χ2v) is 5.26. The summed E-state index contributed by atoms with van der Waals surface area (Å²) < 4.78 is 1.58. The van der Waals surface area contributed by atoms with Gasteiger partial charge < -0.3 is 10.6 Å². The predicted molar refractivity (Wildman–Crippen MR) is 67.7 cm³/mol. The van der Waals surface area contributed by atoms with Crippen LogP contribution >= 0.6 is 0 Å². The van der Waals surface area contributed by atoms with Gasteiger partial charge in [-0.2, -0.15) is 0 Å². The van der Waals surface area contributed by atoms with Crippen LogP contribution in [0.5, 0.6) is 0 Å². The van der Waals surface area contributed by atoms with Crippen LogP contribution in [0.25, 0.3) is 0 Å². The first kappa shape index (κ1) is 13.0. The highest BCUT2D eigenvalue weighted by atomic mass is 16.2. The van der Waals surface area contributed by atoms with Crippen molar-refractivity contribution in [1.29, 1.82) is 0 Å². The lowest BCUT2D eigenvalue weighted by Gasteiger charge is -2.06. The van der Waals surface area contributed by atoms with Gasteiger partial charge in [-0.3, -0.25) is 4.79 Å². The fraction of sp³-hybridized carbons (Fsp3) is 0.750. The molecule has 1 aromatic rings. The van der Waals surface area contributed by atoms with Crippen molar-refractivity contribution in [3.63, 3.8) is 0 Å². The van der Waals surface area contributed by atoms with Crippen molar-refractivity contribution >= 4 is 5.91 Å². The van der Waals surface area contributed by atoms with Crippen LogP contribution < -0.4 is 10.6 Å². The lowest BCUT2D eigenvalue weighted by molar-refractivity contribution is -0.122. The van der Waals surface area contributed by atoms with Crippen LogP contribution in [-0.2, 0) is 17.9 Å². The van der Waals surface area contributed by atoms with Gasteiger partial charge in [-0.15, -0.1) is 5.10 Å². The van der Waals surface area contributed by atoms with E-state index in [2.05, 4.69) is 34.8 Å². The number of nitrogens with one attached hydrogen (secondary N) is 2. The highest BCUT2D eigenvalue weighted by Crippen LogP contribution is 2.18. The summed E-state index contributed by atoms with van der Waals surface area (Å²) in [5.74, 6) is 0.443. The zero-order valence-electron chi connectivity index (χ0n) is 11.0. The Morgan fingerprint density at radius 1 is 1.56 bits per heavy atom. The Balaban J connectivity index is 1.72. The van der Waals surface area contributed by atoms with Gasteiger partial charge in [-0.1, -0.05) is 19.1 Å². The zero-order valence-corrected chi connectivity index (χ0v) is 11.0. The van der Waals surface area contributed by atoms with E-state index in [9.17, 15) is 4.79 Å². The van der Waals surface area contributed by atoms with E-state index < -0.39 is 0 Å². The summed E-state index contributed by atoms with van der Waals surface area (Å²) in [5.41, 5.74) is 0.888.